The van der Waals surface area contributed by atoms with E-state index >= 15 is 0 Å². The van der Waals surface area contributed by atoms with Gasteiger partial charge in [0.05, 0.1) is 0 Å². The standard InChI is InChI=1S/Ca.Fe.Mg.H2O4S/c;;;1-5(2,3)4/h;;;(H2,1,2,3,4)/q;+2;;/p-2. The maximum absolute atomic E-state index is 8.52. The van der Waals surface area contributed by atoms with E-state index in [-0.39, 0.29) is 77.9 Å². The third kappa shape index (κ3) is 79.3. The molecule has 0 heterocycles. The predicted octanol–water partition coefficient (Wildman–Crippen LogP) is -2.10. The average Bonchev–Trinajstić information content (AvgIpc) is 0.722. The number of hydrogen-bond acceptors (Lipinski definition) is 4. The molecule has 0 rings (SSSR count). The summed E-state index contributed by atoms with van der Waals surface area (Å²) >= 11 is 0. The van der Waals surface area contributed by atoms with Crippen LogP contribution in [0, 0.1) is 0 Å². The van der Waals surface area contributed by atoms with Crippen molar-refractivity contribution in [2.75, 3.05) is 0 Å². The van der Waals surface area contributed by atoms with E-state index in [9.17, 15) is 0 Å². The molecule has 0 aromatic carbocycles. The van der Waals surface area contributed by atoms with Gasteiger partial charge in [0.2, 0.25) is 0 Å². The van der Waals surface area contributed by atoms with Crippen molar-refractivity contribution in [1.82, 2.24) is 0 Å². The Balaban J connectivity index is -0.0000000267. The van der Waals surface area contributed by atoms with Crippen molar-refractivity contribution in [2.24, 2.45) is 0 Å². The van der Waals surface area contributed by atoms with Gasteiger partial charge in [-0.15, -0.1) is 0 Å². The van der Waals surface area contributed by atoms with Crippen LogP contribution in [0.3, 0.4) is 0 Å². The van der Waals surface area contributed by atoms with Gasteiger partial charge in [-0.3, -0.25) is 8.42 Å². The van der Waals surface area contributed by atoms with Gasteiger partial charge in [0, 0.05) is 71.2 Å². The van der Waals surface area contributed by atoms with Crippen molar-refractivity contribution in [3.8, 4) is 0 Å². The summed E-state index contributed by atoms with van der Waals surface area (Å²) in [6.07, 6.45) is 0. The third-order valence-electron chi connectivity index (χ3n) is 0. The van der Waals surface area contributed by atoms with Crippen molar-refractivity contribution in [2.45, 2.75) is 0 Å². The van der Waals surface area contributed by atoms with Crippen LogP contribution in [0.25, 0.3) is 0 Å². The topological polar surface area (TPSA) is 80.3 Å². The normalized spacial score (nSPS) is 7.25. The second-order valence-corrected chi connectivity index (χ2v) is 1.22. The summed E-state index contributed by atoms with van der Waals surface area (Å²) in [5, 5.41) is 0. The molecule has 0 bridgehead atoms. The van der Waals surface area contributed by atoms with Gasteiger partial charge in [0.25, 0.3) is 0 Å². The zero-order valence-corrected chi connectivity index (χ0v) is 9.35. The second kappa shape index (κ2) is 9.42. The molecular formula is CaFeMgO4S. The molecule has 0 saturated heterocycles. The monoisotopic (exact) mass is 216 g/mol. The first-order valence-electron chi connectivity index (χ1n) is 0.667. The van der Waals surface area contributed by atoms with Gasteiger partial charge < -0.3 is 9.11 Å². The van der Waals surface area contributed by atoms with Gasteiger partial charge in [-0.2, -0.15) is 0 Å². The van der Waals surface area contributed by atoms with E-state index in [0.717, 1.165) is 0 Å². The van der Waals surface area contributed by atoms with Gasteiger partial charge in [-0.05, 0) is 0 Å². The van der Waals surface area contributed by atoms with Crippen LogP contribution in [0.2, 0.25) is 0 Å². The molecule has 0 aliphatic rings. The first-order valence-corrected chi connectivity index (χ1v) is 2.00. The minimum Gasteiger partial charge on any atom is -0.759 e. The fraction of sp³-hybridized carbons (Fsp3) is 0. The van der Waals surface area contributed by atoms with E-state index in [0.29, 0.717) is 0 Å². The Morgan fingerprint density at radius 1 is 1.12 bits per heavy atom. The van der Waals surface area contributed by atoms with E-state index in [2.05, 4.69) is 0 Å². The van der Waals surface area contributed by atoms with Crippen LogP contribution in [0.15, 0.2) is 0 Å². The summed E-state index contributed by atoms with van der Waals surface area (Å²) in [7, 11) is -5.17. The Labute approximate surface area is 104 Å². The maximum atomic E-state index is 8.52. The molecule has 0 aromatic heterocycles. The molecule has 4 nitrogen and oxygen atoms in total. The van der Waals surface area contributed by atoms with Crippen molar-refractivity contribution in [1.29, 1.82) is 0 Å². The Hall–Kier alpha value is 2.42. The quantitative estimate of drug-likeness (QED) is 0.264. The van der Waals surface area contributed by atoms with E-state index in [1.54, 1.807) is 0 Å². The molecule has 0 amide bonds. The van der Waals surface area contributed by atoms with Gasteiger partial charge in [0.1, 0.15) is 0 Å². The van der Waals surface area contributed by atoms with E-state index < -0.39 is 10.4 Å². The first-order chi connectivity index (χ1) is 2.00. The van der Waals surface area contributed by atoms with Crippen LogP contribution in [0.1, 0.15) is 0 Å². The van der Waals surface area contributed by atoms with Crippen molar-refractivity contribution in [3.05, 3.63) is 0 Å². The SMILES string of the molecule is O=S(=O)([O-])[O-].[Ca].[Fe+2].[Mg]. The summed E-state index contributed by atoms with van der Waals surface area (Å²) < 4.78 is 34.1. The summed E-state index contributed by atoms with van der Waals surface area (Å²) in [4.78, 5) is 0. The van der Waals surface area contributed by atoms with Gasteiger partial charge in [0.15, 0.2) is 0 Å². The van der Waals surface area contributed by atoms with E-state index in [4.69, 9.17) is 17.5 Å². The molecule has 8 heteroatoms. The van der Waals surface area contributed by atoms with Crippen LogP contribution in [-0.2, 0) is 27.5 Å². The van der Waals surface area contributed by atoms with Crippen LogP contribution < -0.4 is 0 Å². The largest absolute Gasteiger partial charge is 2.00 e. The predicted molar refractivity (Wildman–Crippen MR) is 22.0 cm³/mol. The maximum Gasteiger partial charge on any atom is 2.00 e. The number of rotatable bonds is 0. The molecule has 4 radical (unpaired) electrons. The zero-order valence-electron chi connectivity index (χ0n) is 3.81. The van der Waals surface area contributed by atoms with Gasteiger partial charge in [-0.1, -0.05) is 0 Å². The Bertz CT molecular complexity index is 99.2. The molecule has 0 N–H and O–H groups in total. The Morgan fingerprint density at radius 2 is 1.12 bits per heavy atom. The van der Waals surface area contributed by atoms with Crippen LogP contribution in [0.5, 0.6) is 0 Å². The van der Waals surface area contributed by atoms with Crippen molar-refractivity contribution in [3.63, 3.8) is 0 Å². The van der Waals surface area contributed by atoms with E-state index in [1.807, 2.05) is 0 Å². The summed E-state index contributed by atoms with van der Waals surface area (Å²) in [6.45, 7) is 0. The van der Waals surface area contributed by atoms with Crippen molar-refractivity contribution >= 4 is 71.2 Å². The molecule has 42 valence electrons. The zero-order chi connectivity index (χ0) is 4.50. The van der Waals surface area contributed by atoms with Gasteiger partial charge >= 0.3 is 17.1 Å². The molecule has 0 aromatic rings. The fourth-order valence-corrected chi connectivity index (χ4v) is 0. The van der Waals surface area contributed by atoms with E-state index in [1.165, 1.54) is 0 Å². The molecule has 0 atom stereocenters. The molecule has 0 aliphatic carbocycles. The summed E-state index contributed by atoms with van der Waals surface area (Å²) in [5.74, 6) is 0. The van der Waals surface area contributed by atoms with Crippen molar-refractivity contribution < 1.29 is 34.6 Å². The molecular weight excluding hydrogens is 216 g/mol. The van der Waals surface area contributed by atoms with Crippen LogP contribution in [0.4, 0.5) is 0 Å². The minimum atomic E-state index is -5.17. The molecule has 8 heavy (non-hydrogen) atoms. The van der Waals surface area contributed by atoms with Gasteiger partial charge in [-0.25, -0.2) is 0 Å². The van der Waals surface area contributed by atoms with Crippen LogP contribution >= 0.6 is 0 Å². The summed E-state index contributed by atoms with van der Waals surface area (Å²) in [5.41, 5.74) is 0. The first kappa shape index (κ1) is 22.4. The second-order valence-electron chi connectivity index (χ2n) is 0.408. The number of hydrogen-bond donors (Lipinski definition) is 0. The summed E-state index contributed by atoms with van der Waals surface area (Å²) in [6, 6.07) is 0. The molecule has 0 aliphatic heterocycles. The molecule has 0 unspecified atom stereocenters. The Morgan fingerprint density at radius 3 is 1.12 bits per heavy atom. The fourth-order valence-electron chi connectivity index (χ4n) is 0. The molecule has 0 fully saturated rings. The molecule has 0 saturated carbocycles. The smallest absolute Gasteiger partial charge is 0.759 e. The van der Waals surface area contributed by atoms with Crippen LogP contribution in [-0.4, -0.2) is 78.3 Å². The molecule has 0 spiro atoms. The Kier molecular flexibility index (Phi) is 26.4. The third-order valence-corrected chi connectivity index (χ3v) is 0. The average molecular weight is 216 g/mol. The minimum absolute atomic E-state index is 0.